The molecule has 0 atom stereocenters. The molecule has 0 aliphatic rings. The molecule has 0 amide bonds. The average Bonchev–Trinajstić information content (AvgIpc) is 2.89. The van der Waals surface area contributed by atoms with Crippen LogP contribution in [-0.4, -0.2) is 0 Å². The summed E-state index contributed by atoms with van der Waals surface area (Å²) in [5, 5.41) is 2.52. The Hall–Kier alpha value is -2.28. The van der Waals surface area contributed by atoms with Crippen LogP contribution in [0.5, 0.6) is 0 Å². The van der Waals surface area contributed by atoms with Crippen molar-refractivity contribution in [1.29, 1.82) is 0 Å². The van der Waals surface area contributed by atoms with Crippen LogP contribution >= 0.6 is 0 Å². The molecule has 0 aliphatic carbocycles. The van der Waals surface area contributed by atoms with Crippen molar-refractivity contribution < 1.29 is 4.42 Å². The zero-order chi connectivity index (χ0) is 11.5. The fraction of sp³-hybridized carbons (Fsp3) is 0. The minimum atomic E-state index is 0.873. The van der Waals surface area contributed by atoms with Crippen molar-refractivity contribution in [2.75, 3.05) is 0 Å². The van der Waals surface area contributed by atoms with Gasteiger partial charge in [0.15, 0.2) is 0 Å². The first-order valence-corrected chi connectivity index (χ1v) is 5.62. The fourth-order valence-corrected chi connectivity index (χ4v) is 1.88. The lowest BCUT2D eigenvalue weighted by Gasteiger charge is -1.98. The molecule has 1 heterocycles. The molecule has 0 unspecified atom stereocenters. The lowest BCUT2D eigenvalue weighted by Crippen LogP contribution is -1.74. The van der Waals surface area contributed by atoms with E-state index < -0.39 is 0 Å². The van der Waals surface area contributed by atoms with Gasteiger partial charge in [-0.2, -0.15) is 0 Å². The van der Waals surface area contributed by atoms with Crippen molar-refractivity contribution in [3.63, 3.8) is 0 Å². The summed E-state index contributed by atoms with van der Waals surface area (Å²) >= 11 is 0. The Morgan fingerprint density at radius 1 is 0.765 bits per heavy atom. The lowest BCUT2D eigenvalue weighted by molar-refractivity contribution is 0.557. The van der Waals surface area contributed by atoms with E-state index in [1.54, 1.807) is 6.26 Å². The van der Waals surface area contributed by atoms with Crippen LogP contribution in [0.2, 0.25) is 0 Å². The Bertz CT molecular complexity index is 648. The third-order valence-electron chi connectivity index (χ3n) is 2.76. The third-order valence-corrected chi connectivity index (χ3v) is 2.76. The molecular formula is C16H12O. The van der Waals surface area contributed by atoms with Gasteiger partial charge in [-0.15, -0.1) is 0 Å². The van der Waals surface area contributed by atoms with Crippen LogP contribution in [0, 0.1) is 0 Å². The molecule has 3 rings (SSSR count). The highest BCUT2D eigenvalue weighted by molar-refractivity contribution is 5.85. The maximum atomic E-state index is 5.26. The van der Waals surface area contributed by atoms with E-state index in [0.717, 1.165) is 5.76 Å². The molecule has 3 aromatic rings. The van der Waals surface area contributed by atoms with E-state index in [2.05, 4.69) is 48.5 Å². The molecule has 17 heavy (non-hydrogen) atoms. The van der Waals surface area contributed by atoms with Crippen LogP contribution < -0.4 is 0 Å². The second kappa shape index (κ2) is 4.30. The quantitative estimate of drug-likeness (QED) is 0.615. The van der Waals surface area contributed by atoms with E-state index >= 15 is 0 Å². The van der Waals surface area contributed by atoms with E-state index in [1.165, 1.54) is 16.3 Å². The van der Waals surface area contributed by atoms with E-state index in [9.17, 15) is 0 Å². The predicted molar refractivity (Wildman–Crippen MR) is 71.6 cm³/mol. The molecule has 0 spiro atoms. The van der Waals surface area contributed by atoms with Gasteiger partial charge < -0.3 is 4.42 Å². The van der Waals surface area contributed by atoms with Crippen molar-refractivity contribution in [3.8, 4) is 0 Å². The topological polar surface area (TPSA) is 13.1 Å². The highest BCUT2D eigenvalue weighted by Gasteiger charge is 1.93. The van der Waals surface area contributed by atoms with E-state index in [4.69, 9.17) is 4.42 Å². The molecule has 1 heteroatoms. The van der Waals surface area contributed by atoms with Crippen molar-refractivity contribution in [2.45, 2.75) is 0 Å². The zero-order valence-electron chi connectivity index (χ0n) is 9.34. The summed E-state index contributed by atoms with van der Waals surface area (Å²) in [7, 11) is 0. The van der Waals surface area contributed by atoms with Crippen LogP contribution in [0.1, 0.15) is 11.3 Å². The van der Waals surface area contributed by atoms with E-state index in [-0.39, 0.29) is 0 Å². The molecule has 2 aromatic carbocycles. The number of hydrogen-bond donors (Lipinski definition) is 0. The Balaban J connectivity index is 1.96. The van der Waals surface area contributed by atoms with Crippen LogP contribution in [-0.2, 0) is 0 Å². The molecule has 0 radical (unpaired) electrons. The molecule has 0 bridgehead atoms. The third kappa shape index (κ3) is 2.13. The van der Waals surface area contributed by atoms with Crippen LogP contribution in [0.4, 0.5) is 0 Å². The van der Waals surface area contributed by atoms with Crippen molar-refractivity contribution >= 4 is 22.9 Å². The van der Waals surface area contributed by atoms with Gasteiger partial charge in [0.2, 0.25) is 0 Å². The van der Waals surface area contributed by atoms with Gasteiger partial charge in [-0.1, -0.05) is 42.5 Å². The van der Waals surface area contributed by atoms with Crippen LogP contribution in [0.3, 0.4) is 0 Å². The number of benzene rings is 2. The van der Waals surface area contributed by atoms with Gasteiger partial charge in [0.25, 0.3) is 0 Å². The second-order valence-corrected chi connectivity index (χ2v) is 3.96. The molecule has 0 saturated carbocycles. The molecule has 0 N–H and O–H groups in total. The van der Waals surface area contributed by atoms with E-state index in [1.807, 2.05) is 18.2 Å². The maximum Gasteiger partial charge on any atom is 0.126 e. The second-order valence-electron chi connectivity index (χ2n) is 3.96. The van der Waals surface area contributed by atoms with Gasteiger partial charge in [-0.25, -0.2) is 0 Å². The summed E-state index contributed by atoms with van der Waals surface area (Å²) in [6.45, 7) is 0. The van der Waals surface area contributed by atoms with Crippen molar-refractivity contribution in [2.24, 2.45) is 0 Å². The fourth-order valence-electron chi connectivity index (χ4n) is 1.88. The molecule has 1 nitrogen and oxygen atoms in total. The minimum Gasteiger partial charge on any atom is -0.465 e. The van der Waals surface area contributed by atoms with Gasteiger partial charge in [-0.3, -0.25) is 0 Å². The summed E-state index contributed by atoms with van der Waals surface area (Å²) in [6, 6.07) is 18.6. The number of hydrogen-bond acceptors (Lipinski definition) is 1. The summed E-state index contributed by atoms with van der Waals surface area (Å²) in [4.78, 5) is 0. The first-order valence-electron chi connectivity index (χ1n) is 5.62. The number of fused-ring (bicyclic) bond motifs is 1. The van der Waals surface area contributed by atoms with Gasteiger partial charge in [0.05, 0.1) is 6.26 Å². The molecule has 0 fully saturated rings. The van der Waals surface area contributed by atoms with Crippen molar-refractivity contribution in [3.05, 3.63) is 72.2 Å². The highest BCUT2D eigenvalue weighted by Crippen LogP contribution is 2.17. The predicted octanol–water partition coefficient (Wildman–Crippen LogP) is 4.60. The lowest BCUT2D eigenvalue weighted by atomic mass is 10.1. The summed E-state index contributed by atoms with van der Waals surface area (Å²) in [6.07, 6.45) is 5.72. The van der Waals surface area contributed by atoms with Gasteiger partial charge >= 0.3 is 0 Å². The normalized spacial score (nSPS) is 11.3. The Kier molecular flexibility index (Phi) is 2.51. The van der Waals surface area contributed by atoms with Crippen LogP contribution in [0.15, 0.2) is 65.3 Å². The molecule has 1 aromatic heterocycles. The van der Waals surface area contributed by atoms with Gasteiger partial charge in [0.1, 0.15) is 5.76 Å². The standard InChI is InChI=1S/C16H12O/c1-2-5-15-12-13(7-9-14(15)4-1)8-10-16-6-3-11-17-16/h1-12H. The van der Waals surface area contributed by atoms with Crippen LogP contribution in [0.25, 0.3) is 22.9 Å². The summed E-state index contributed by atoms with van der Waals surface area (Å²) in [5.74, 6) is 0.873. The number of rotatable bonds is 2. The van der Waals surface area contributed by atoms with Gasteiger partial charge in [-0.05, 0) is 40.6 Å². The Labute approximate surface area is 100 Å². The van der Waals surface area contributed by atoms with Crippen molar-refractivity contribution in [1.82, 2.24) is 0 Å². The molecule has 0 saturated heterocycles. The summed E-state index contributed by atoms with van der Waals surface area (Å²) in [5.41, 5.74) is 1.18. The maximum absolute atomic E-state index is 5.26. The Morgan fingerprint density at radius 3 is 2.47 bits per heavy atom. The molecule has 0 aliphatic heterocycles. The SMILES string of the molecule is C(=Cc1ccco1)c1ccc2ccccc2c1. The Morgan fingerprint density at radius 2 is 1.65 bits per heavy atom. The first-order chi connectivity index (χ1) is 8.42. The zero-order valence-corrected chi connectivity index (χ0v) is 9.34. The minimum absolute atomic E-state index is 0.873. The highest BCUT2D eigenvalue weighted by atomic mass is 16.3. The van der Waals surface area contributed by atoms with Gasteiger partial charge in [0, 0.05) is 0 Å². The summed E-state index contributed by atoms with van der Waals surface area (Å²) < 4.78 is 5.26. The van der Waals surface area contributed by atoms with E-state index in [0.29, 0.717) is 0 Å². The molecule has 82 valence electrons. The molecular weight excluding hydrogens is 208 g/mol. The smallest absolute Gasteiger partial charge is 0.126 e. The largest absolute Gasteiger partial charge is 0.465 e. The average molecular weight is 220 g/mol. The monoisotopic (exact) mass is 220 g/mol. The first kappa shape index (κ1) is 9.91. The number of furan rings is 1.